The minimum absolute atomic E-state index is 0.198. The summed E-state index contributed by atoms with van der Waals surface area (Å²) >= 11 is 7.32. The summed E-state index contributed by atoms with van der Waals surface area (Å²) in [6.45, 7) is 0.371. The zero-order valence-electron chi connectivity index (χ0n) is 9.72. The lowest BCUT2D eigenvalue weighted by atomic mass is 10.2. The van der Waals surface area contributed by atoms with Crippen LogP contribution in [0, 0.1) is 11.3 Å². The van der Waals surface area contributed by atoms with E-state index in [0.717, 1.165) is 14.6 Å². The van der Waals surface area contributed by atoms with E-state index in [9.17, 15) is 0 Å². The Balaban J connectivity index is 1.93. The molecule has 94 valence electrons. The molecule has 19 heavy (non-hydrogen) atoms. The lowest BCUT2D eigenvalue weighted by Crippen LogP contribution is -1.93. The minimum Gasteiger partial charge on any atom is -0.483 e. The summed E-state index contributed by atoms with van der Waals surface area (Å²) in [5, 5.41) is 9.89. The van der Waals surface area contributed by atoms with Crippen molar-refractivity contribution in [3.8, 4) is 11.8 Å². The standard InChI is InChI=1S/C14H8ClNO2S/c15-13-6-5-9(19-13)8-17-14-10-3-1-2-4-11(10)18-12(14)7-16/h1-6H,8H2. The first-order chi connectivity index (χ1) is 9.28. The molecule has 0 unspecified atom stereocenters. The van der Waals surface area contributed by atoms with Crippen molar-refractivity contribution in [1.29, 1.82) is 5.26 Å². The van der Waals surface area contributed by atoms with Gasteiger partial charge in [-0.1, -0.05) is 23.7 Å². The minimum atomic E-state index is 0.198. The largest absolute Gasteiger partial charge is 0.483 e. The van der Waals surface area contributed by atoms with Crippen LogP contribution in [-0.2, 0) is 6.61 Å². The van der Waals surface area contributed by atoms with E-state index in [1.807, 2.05) is 42.5 Å². The Morgan fingerprint density at radius 2 is 2.11 bits per heavy atom. The van der Waals surface area contributed by atoms with Crippen molar-refractivity contribution in [2.75, 3.05) is 0 Å². The van der Waals surface area contributed by atoms with E-state index in [1.165, 1.54) is 11.3 Å². The number of fused-ring (bicyclic) bond motifs is 1. The zero-order chi connectivity index (χ0) is 13.2. The Labute approximate surface area is 118 Å². The lowest BCUT2D eigenvalue weighted by Gasteiger charge is -2.02. The summed E-state index contributed by atoms with van der Waals surface area (Å²) in [5.74, 6) is 0.687. The average Bonchev–Trinajstić information content (AvgIpc) is 2.99. The molecule has 1 aromatic carbocycles. The van der Waals surface area contributed by atoms with Crippen molar-refractivity contribution >= 4 is 33.9 Å². The highest BCUT2D eigenvalue weighted by atomic mass is 35.5. The number of thiophene rings is 1. The maximum atomic E-state index is 9.08. The molecule has 0 saturated heterocycles. The van der Waals surface area contributed by atoms with Crippen LogP contribution in [0.15, 0.2) is 40.8 Å². The van der Waals surface area contributed by atoms with Gasteiger partial charge in [-0.25, -0.2) is 0 Å². The van der Waals surface area contributed by atoms with E-state index in [1.54, 1.807) is 0 Å². The summed E-state index contributed by atoms with van der Waals surface area (Å²) in [5.41, 5.74) is 0.651. The molecule has 0 saturated carbocycles. The quantitative estimate of drug-likeness (QED) is 0.708. The fraction of sp³-hybridized carbons (Fsp3) is 0.0714. The fourth-order valence-corrected chi connectivity index (χ4v) is 2.81. The van der Waals surface area contributed by atoms with Crippen molar-refractivity contribution < 1.29 is 9.15 Å². The molecule has 0 spiro atoms. The molecule has 0 aliphatic rings. The molecule has 3 rings (SSSR count). The molecule has 0 amide bonds. The number of nitrogens with zero attached hydrogens (tertiary/aromatic N) is 1. The van der Waals surface area contributed by atoms with E-state index < -0.39 is 0 Å². The fourth-order valence-electron chi connectivity index (χ4n) is 1.81. The van der Waals surface area contributed by atoms with Crippen LogP contribution in [0.4, 0.5) is 0 Å². The number of hydrogen-bond donors (Lipinski definition) is 0. The number of rotatable bonds is 3. The van der Waals surface area contributed by atoms with Gasteiger partial charge in [-0.2, -0.15) is 5.26 Å². The number of benzene rings is 1. The molecule has 0 atom stereocenters. The van der Waals surface area contributed by atoms with Crippen LogP contribution in [0.25, 0.3) is 11.0 Å². The number of nitriles is 1. The van der Waals surface area contributed by atoms with Gasteiger partial charge >= 0.3 is 0 Å². The van der Waals surface area contributed by atoms with Gasteiger partial charge in [0, 0.05) is 4.88 Å². The number of hydrogen-bond acceptors (Lipinski definition) is 4. The van der Waals surface area contributed by atoms with Gasteiger partial charge in [-0.15, -0.1) is 11.3 Å². The van der Waals surface area contributed by atoms with Crippen molar-refractivity contribution in [2.24, 2.45) is 0 Å². The van der Waals surface area contributed by atoms with Gasteiger partial charge in [0.05, 0.1) is 9.72 Å². The topological polar surface area (TPSA) is 46.2 Å². The Morgan fingerprint density at radius 3 is 2.84 bits per heavy atom. The van der Waals surface area contributed by atoms with Crippen LogP contribution >= 0.6 is 22.9 Å². The summed E-state index contributed by atoms with van der Waals surface area (Å²) in [4.78, 5) is 0.999. The molecule has 0 N–H and O–H groups in total. The van der Waals surface area contributed by atoms with Crippen molar-refractivity contribution in [1.82, 2.24) is 0 Å². The molecule has 0 aliphatic carbocycles. The highest BCUT2D eigenvalue weighted by molar-refractivity contribution is 7.16. The summed E-state index contributed by atoms with van der Waals surface area (Å²) in [6.07, 6.45) is 0. The second-order valence-electron chi connectivity index (χ2n) is 3.86. The maximum absolute atomic E-state index is 9.08. The highest BCUT2D eigenvalue weighted by Gasteiger charge is 2.15. The molecule has 0 radical (unpaired) electrons. The second-order valence-corrected chi connectivity index (χ2v) is 5.66. The molecule has 5 heteroatoms. The van der Waals surface area contributed by atoms with Gasteiger partial charge in [-0.05, 0) is 24.3 Å². The monoisotopic (exact) mass is 289 g/mol. The van der Waals surface area contributed by atoms with Gasteiger partial charge in [0.1, 0.15) is 18.3 Å². The first-order valence-corrected chi connectivity index (χ1v) is 6.76. The summed E-state index contributed by atoms with van der Waals surface area (Å²) in [6, 6.07) is 13.2. The summed E-state index contributed by atoms with van der Waals surface area (Å²) in [7, 11) is 0. The first kappa shape index (κ1) is 12.1. The molecule has 3 nitrogen and oxygen atoms in total. The van der Waals surface area contributed by atoms with E-state index in [4.69, 9.17) is 26.0 Å². The third-order valence-electron chi connectivity index (χ3n) is 2.64. The number of furan rings is 1. The van der Waals surface area contributed by atoms with Gasteiger partial charge < -0.3 is 9.15 Å². The number of para-hydroxylation sites is 1. The Bertz CT molecular complexity index is 769. The third-order valence-corrected chi connectivity index (χ3v) is 3.84. The van der Waals surface area contributed by atoms with Crippen molar-refractivity contribution in [3.05, 3.63) is 51.4 Å². The molecular weight excluding hydrogens is 282 g/mol. The average molecular weight is 290 g/mol. The molecule has 0 aliphatic heterocycles. The van der Waals surface area contributed by atoms with Crippen LogP contribution in [-0.4, -0.2) is 0 Å². The number of ether oxygens (including phenoxy) is 1. The molecule has 2 aromatic heterocycles. The van der Waals surface area contributed by atoms with Gasteiger partial charge in [0.25, 0.3) is 0 Å². The summed E-state index contributed by atoms with van der Waals surface area (Å²) < 4.78 is 11.9. The molecular formula is C14H8ClNO2S. The van der Waals surface area contributed by atoms with E-state index >= 15 is 0 Å². The van der Waals surface area contributed by atoms with Gasteiger partial charge in [-0.3, -0.25) is 0 Å². The molecule has 0 fully saturated rings. The molecule has 2 heterocycles. The number of halogens is 1. The van der Waals surface area contributed by atoms with E-state index in [2.05, 4.69) is 0 Å². The van der Waals surface area contributed by atoms with Crippen LogP contribution < -0.4 is 4.74 Å². The second kappa shape index (κ2) is 4.96. The van der Waals surface area contributed by atoms with Gasteiger partial charge in [0.15, 0.2) is 5.75 Å². The SMILES string of the molecule is N#Cc1oc2ccccc2c1OCc1ccc(Cl)s1. The molecule has 3 aromatic rings. The normalized spacial score (nSPS) is 10.5. The van der Waals surface area contributed by atoms with E-state index in [-0.39, 0.29) is 5.76 Å². The lowest BCUT2D eigenvalue weighted by molar-refractivity contribution is 0.307. The van der Waals surface area contributed by atoms with Gasteiger partial charge in [0.2, 0.25) is 5.76 Å². The smallest absolute Gasteiger partial charge is 0.246 e. The Morgan fingerprint density at radius 1 is 1.26 bits per heavy atom. The van der Waals surface area contributed by atoms with Crippen LogP contribution in [0.3, 0.4) is 0 Å². The predicted octanol–water partition coefficient (Wildman–Crippen LogP) is 4.60. The van der Waals surface area contributed by atoms with Crippen LogP contribution in [0.2, 0.25) is 4.34 Å². The Kier molecular flexibility index (Phi) is 3.16. The highest BCUT2D eigenvalue weighted by Crippen LogP contribution is 2.33. The third kappa shape index (κ3) is 2.30. The van der Waals surface area contributed by atoms with Crippen molar-refractivity contribution in [3.63, 3.8) is 0 Å². The van der Waals surface area contributed by atoms with E-state index in [0.29, 0.717) is 17.9 Å². The van der Waals surface area contributed by atoms with Crippen LogP contribution in [0.5, 0.6) is 5.75 Å². The zero-order valence-corrected chi connectivity index (χ0v) is 11.3. The predicted molar refractivity (Wildman–Crippen MR) is 74.6 cm³/mol. The van der Waals surface area contributed by atoms with Crippen molar-refractivity contribution in [2.45, 2.75) is 6.61 Å². The maximum Gasteiger partial charge on any atom is 0.246 e. The van der Waals surface area contributed by atoms with Crippen LogP contribution in [0.1, 0.15) is 10.6 Å². The first-order valence-electron chi connectivity index (χ1n) is 5.56. The molecule has 0 bridgehead atoms. The Hall–Kier alpha value is -1.96.